The highest BCUT2D eigenvalue weighted by Crippen LogP contribution is 2.36. The number of halogens is 6. The molecule has 27 heavy (non-hydrogen) atoms. The molecule has 0 aromatic carbocycles. The number of alkyl halides is 6. The zero-order chi connectivity index (χ0) is 22.2. The number of quaternary nitrogens is 1. The molecule has 0 fully saturated rings. The van der Waals surface area contributed by atoms with Gasteiger partial charge in [-0.25, -0.2) is 16.8 Å². The van der Waals surface area contributed by atoms with Crippen molar-refractivity contribution in [3.63, 3.8) is 0 Å². The zero-order valence-electron chi connectivity index (χ0n) is 15.6. The van der Waals surface area contributed by atoms with Crippen LogP contribution in [0.2, 0.25) is 0 Å². The Bertz CT molecular complexity index is 584. The van der Waals surface area contributed by atoms with Crippen molar-refractivity contribution in [2.24, 2.45) is 0 Å². The Morgan fingerprint density at radius 1 is 0.741 bits per heavy atom. The van der Waals surface area contributed by atoms with E-state index >= 15 is 0 Å². The summed E-state index contributed by atoms with van der Waals surface area (Å²) in [7, 11) is -11.1. The monoisotopic (exact) mass is 452 g/mol. The van der Waals surface area contributed by atoms with E-state index in [0.29, 0.717) is 0 Å². The first-order valence-electron chi connectivity index (χ1n) is 8.09. The molecule has 0 radical (unpaired) electrons. The fraction of sp³-hybridized carbons (Fsp3) is 1.00. The predicted octanol–water partition coefficient (Wildman–Crippen LogP) is 4.11. The van der Waals surface area contributed by atoms with Crippen LogP contribution in [0.5, 0.6) is 0 Å². The molecule has 0 unspecified atom stereocenters. The molecule has 0 spiro atoms. The van der Waals surface area contributed by atoms with Gasteiger partial charge in [0, 0.05) is 0 Å². The van der Waals surface area contributed by atoms with Gasteiger partial charge in [0.1, 0.15) is 0 Å². The quantitative estimate of drug-likeness (QED) is 0.299. The summed E-state index contributed by atoms with van der Waals surface area (Å²) < 4.78 is 110. The Kier molecular flexibility index (Phi) is 11.5. The topological polar surface area (TPSA) is 82.4 Å². The minimum atomic E-state index is -6.72. The van der Waals surface area contributed by atoms with Gasteiger partial charge >= 0.3 is 11.0 Å². The number of sulfonamides is 2. The Labute approximate surface area is 156 Å². The highest BCUT2D eigenvalue weighted by atomic mass is 32.3. The highest BCUT2D eigenvalue weighted by molar-refractivity contribution is 8.13. The maximum atomic E-state index is 11.4. The summed E-state index contributed by atoms with van der Waals surface area (Å²) in [6.07, 6.45) is 5.59. The molecule has 0 saturated heterocycles. The number of rotatable bonds is 9. The van der Waals surface area contributed by atoms with E-state index in [0.717, 1.165) is 4.13 Å². The summed E-state index contributed by atoms with van der Waals surface area (Å²) in [4.78, 5) is 0. The van der Waals surface area contributed by atoms with Crippen LogP contribution >= 0.6 is 0 Å². The molecule has 0 aromatic rings. The first kappa shape index (κ1) is 28.6. The second-order valence-electron chi connectivity index (χ2n) is 5.95. The van der Waals surface area contributed by atoms with Crippen LogP contribution in [0.4, 0.5) is 26.3 Å². The van der Waals surface area contributed by atoms with Gasteiger partial charge in [0.2, 0.25) is 0 Å². The summed E-state index contributed by atoms with van der Waals surface area (Å²) in [6, 6.07) is 0. The van der Waals surface area contributed by atoms with E-state index in [4.69, 9.17) is 0 Å². The van der Waals surface area contributed by atoms with Crippen molar-refractivity contribution < 1.29 is 47.7 Å². The van der Waals surface area contributed by atoms with E-state index < -0.39 is 31.1 Å². The Hall–Kier alpha value is -0.600. The second kappa shape index (κ2) is 10.8. The van der Waals surface area contributed by atoms with E-state index in [-0.39, 0.29) is 0 Å². The largest absolute Gasteiger partial charge is 0.480 e. The molecular formula is C13H26F6N2O4S2. The average Bonchev–Trinajstić information content (AvgIpc) is 2.49. The van der Waals surface area contributed by atoms with E-state index in [1.54, 1.807) is 0 Å². The predicted molar refractivity (Wildman–Crippen MR) is 89.6 cm³/mol. The molecule has 0 aliphatic heterocycles. The van der Waals surface area contributed by atoms with E-state index in [2.05, 4.69) is 27.8 Å². The Morgan fingerprint density at radius 3 is 1.37 bits per heavy atom. The van der Waals surface area contributed by atoms with Gasteiger partial charge in [-0.1, -0.05) is 19.8 Å². The van der Waals surface area contributed by atoms with Crippen LogP contribution in [0, 0.1) is 0 Å². The summed E-state index contributed by atoms with van der Waals surface area (Å²) in [5.74, 6) is 0. The SMILES string of the molecule is CCCCCC[N+](C)(CC)CC.O=S(=O)([N-]S(=O)(=O)C(F)(F)F)C(F)(F)F. The molecule has 0 amide bonds. The van der Waals surface area contributed by atoms with Crippen LogP contribution in [0.25, 0.3) is 4.13 Å². The van der Waals surface area contributed by atoms with Crippen molar-refractivity contribution in [1.82, 2.24) is 0 Å². The van der Waals surface area contributed by atoms with Crippen LogP contribution < -0.4 is 0 Å². The first-order chi connectivity index (χ1) is 11.9. The van der Waals surface area contributed by atoms with Crippen molar-refractivity contribution in [3.8, 4) is 0 Å². The van der Waals surface area contributed by atoms with Crippen molar-refractivity contribution in [1.29, 1.82) is 0 Å². The van der Waals surface area contributed by atoms with Crippen molar-refractivity contribution in [2.75, 3.05) is 26.7 Å². The van der Waals surface area contributed by atoms with E-state index in [1.807, 2.05) is 0 Å². The standard InChI is InChI=1S/C11H26N.C2F6NO4S2/c1-5-8-9-10-11-12(4,6-2)7-3;3-1(4,5)14(10,11)9-15(12,13)2(6,7)8/h5-11H2,1-4H3;/q+1;-1. The van der Waals surface area contributed by atoms with Crippen LogP contribution in [-0.4, -0.2) is 59.0 Å². The molecule has 0 heterocycles. The lowest BCUT2D eigenvalue weighted by Crippen LogP contribution is -2.44. The molecule has 0 N–H and O–H groups in total. The Balaban J connectivity index is 0. The van der Waals surface area contributed by atoms with Crippen LogP contribution in [0.15, 0.2) is 0 Å². The summed E-state index contributed by atoms with van der Waals surface area (Å²) in [5.41, 5.74) is -12.4. The van der Waals surface area contributed by atoms with Gasteiger partial charge < -0.3 is 8.61 Å². The lowest BCUT2D eigenvalue weighted by Gasteiger charge is -2.32. The summed E-state index contributed by atoms with van der Waals surface area (Å²) in [5, 5.41) is 0. The fourth-order valence-electron chi connectivity index (χ4n) is 1.67. The normalized spacial score (nSPS) is 13.9. The molecule has 6 nitrogen and oxygen atoms in total. The maximum absolute atomic E-state index is 11.4. The minimum Gasteiger partial charge on any atom is -0.421 e. The van der Waals surface area contributed by atoms with Gasteiger partial charge in [-0.15, -0.1) is 0 Å². The average molecular weight is 452 g/mol. The number of unbranched alkanes of at least 4 members (excludes halogenated alkanes) is 3. The van der Waals surface area contributed by atoms with Gasteiger partial charge in [-0.2, -0.15) is 26.3 Å². The summed E-state index contributed by atoms with van der Waals surface area (Å²) in [6.45, 7) is 10.8. The van der Waals surface area contributed by atoms with Crippen LogP contribution in [0.1, 0.15) is 46.5 Å². The maximum Gasteiger partial charge on any atom is 0.480 e. The van der Waals surface area contributed by atoms with Gasteiger partial charge in [0.15, 0.2) is 20.0 Å². The third-order valence-electron chi connectivity index (χ3n) is 3.86. The smallest absolute Gasteiger partial charge is 0.421 e. The van der Waals surface area contributed by atoms with Crippen molar-refractivity contribution in [3.05, 3.63) is 4.13 Å². The van der Waals surface area contributed by atoms with Crippen LogP contribution in [0.3, 0.4) is 0 Å². The molecule has 0 rings (SSSR count). The number of hydrogen-bond donors (Lipinski definition) is 0. The molecule has 0 aliphatic rings. The van der Waals surface area contributed by atoms with Gasteiger partial charge in [-0.3, -0.25) is 0 Å². The molecule has 0 saturated carbocycles. The second-order valence-corrected chi connectivity index (χ2v) is 9.37. The summed E-state index contributed by atoms with van der Waals surface area (Å²) >= 11 is 0. The molecule has 166 valence electrons. The van der Waals surface area contributed by atoms with Crippen molar-refractivity contribution in [2.45, 2.75) is 57.5 Å². The third-order valence-corrected chi connectivity index (χ3v) is 6.60. The van der Waals surface area contributed by atoms with Crippen LogP contribution in [-0.2, 0) is 20.0 Å². The van der Waals surface area contributed by atoms with Gasteiger partial charge in [0.25, 0.3) is 0 Å². The Morgan fingerprint density at radius 2 is 1.11 bits per heavy atom. The van der Waals surface area contributed by atoms with Crippen molar-refractivity contribution >= 4 is 20.0 Å². The molecule has 0 aromatic heterocycles. The number of hydrogen-bond acceptors (Lipinski definition) is 4. The van der Waals surface area contributed by atoms with E-state index in [1.165, 1.54) is 49.8 Å². The number of nitrogens with zero attached hydrogens (tertiary/aromatic N) is 2. The first-order valence-corrected chi connectivity index (χ1v) is 11.0. The zero-order valence-corrected chi connectivity index (χ0v) is 17.2. The van der Waals surface area contributed by atoms with E-state index in [9.17, 15) is 43.2 Å². The molecule has 0 aliphatic carbocycles. The molecule has 0 atom stereocenters. The molecule has 0 bridgehead atoms. The highest BCUT2D eigenvalue weighted by Gasteiger charge is 2.46. The fourth-order valence-corrected chi connectivity index (χ4v) is 3.38. The molecule has 14 heteroatoms. The minimum absolute atomic E-state index is 0.778. The molecular weight excluding hydrogens is 426 g/mol. The lowest BCUT2D eigenvalue weighted by molar-refractivity contribution is -0.906. The third kappa shape index (κ3) is 10.5. The lowest BCUT2D eigenvalue weighted by atomic mass is 10.2. The van der Waals surface area contributed by atoms with Gasteiger partial charge in [-0.05, 0) is 26.7 Å². The van der Waals surface area contributed by atoms with Gasteiger partial charge in [0.05, 0.1) is 26.7 Å².